The monoisotopic (exact) mass is 150 g/mol. The SMILES string of the molecule is CCO.OCCCCCO. The minimum atomic E-state index is 0.250. The number of rotatable bonds is 4. The molecule has 0 bridgehead atoms. The smallest absolute Gasteiger partial charge is 0.0431 e. The van der Waals surface area contributed by atoms with Crippen molar-refractivity contribution in [2.75, 3.05) is 19.8 Å². The molecule has 0 heterocycles. The average Bonchev–Trinajstić information content (AvgIpc) is 1.91. The summed E-state index contributed by atoms with van der Waals surface area (Å²) in [5, 5.41) is 24.0. The third-order valence-corrected chi connectivity index (χ3v) is 0.816. The zero-order valence-electron chi connectivity index (χ0n) is 6.58. The van der Waals surface area contributed by atoms with Crippen molar-refractivity contribution in [3.8, 4) is 0 Å². The summed E-state index contributed by atoms with van der Waals surface area (Å²) in [5.41, 5.74) is 0. The van der Waals surface area contributed by atoms with Gasteiger partial charge in [0.15, 0.2) is 0 Å². The molecular weight excluding hydrogens is 132 g/mol. The zero-order valence-corrected chi connectivity index (χ0v) is 6.58. The van der Waals surface area contributed by atoms with Crippen molar-refractivity contribution in [2.24, 2.45) is 0 Å². The van der Waals surface area contributed by atoms with Gasteiger partial charge in [-0.15, -0.1) is 0 Å². The number of aliphatic hydroxyl groups excluding tert-OH is 3. The van der Waals surface area contributed by atoms with Crippen LogP contribution in [0, 0.1) is 0 Å². The summed E-state index contributed by atoms with van der Waals surface area (Å²) < 4.78 is 0. The predicted molar refractivity (Wildman–Crippen MR) is 40.8 cm³/mol. The lowest BCUT2D eigenvalue weighted by molar-refractivity contribution is 0.257. The van der Waals surface area contributed by atoms with E-state index in [1.165, 1.54) is 0 Å². The summed E-state index contributed by atoms with van der Waals surface area (Å²) >= 11 is 0. The average molecular weight is 150 g/mol. The first kappa shape index (κ1) is 12.5. The van der Waals surface area contributed by atoms with E-state index in [2.05, 4.69) is 0 Å². The lowest BCUT2D eigenvalue weighted by Crippen LogP contribution is -1.85. The second-order valence-corrected chi connectivity index (χ2v) is 1.82. The number of unbranched alkanes of at least 4 members (excludes halogenated alkanes) is 2. The molecule has 0 saturated heterocycles. The third kappa shape index (κ3) is 24.8. The van der Waals surface area contributed by atoms with E-state index >= 15 is 0 Å². The Hall–Kier alpha value is -0.120. The van der Waals surface area contributed by atoms with Crippen LogP contribution in [0.1, 0.15) is 26.2 Å². The van der Waals surface area contributed by atoms with Gasteiger partial charge in [0, 0.05) is 19.8 Å². The standard InChI is InChI=1S/C5H12O2.C2H6O/c6-4-2-1-3-5-7;1-2-3/h6-7H,1-5H2;3H,2H2,1H3. The van der Waals surface area contributed by atoms with E-state index in [0.29, 0.717) is 0 Å². The molecule has 0 aliphatic rings. The van der Waals surface area contributed by atoms with E-state index in [1.54, 1.807) is 6.92 Å². The van der Waals surface area contributed by atoms with Crippen LogP contribution in [0.5, 0.6) is 0 Å². The Kier molecular flexibility index (Phi) is 20.0. The molecule has 0 unspecified atom stereocenters. The van der Waals surface area contributed by atoms with Crippen LogP contribution >= 0.6 is 0 Å². The highest BCUT2D eigenvalue weighted by Crippen LogP contribution is 1.90. The van der Waals surface area contributed by atoms with E-state index in [9.17, 15) is 0 Å². The topological polar surface area (TPSA) is 60.7 Å². The summed E-state index contributed by atoms with van der Waals surface area (Å²) in [6.45, 7) is 2.43. The maximum atomic E-state index is 8.21. The Labute approximate surface area is 62.3 Å². The summed E-state index contributed by atoms with van der Waals surface area (Å²) in [6, 6.07) is 0. The maximum absolute atomic E-state index is 8.21. The molecule has 0 amide bonds. The Balaban J connectivity index is 0. The fourth-order valence-corrected chi connectivity index (χ4v) is 0.400. The molecule has 0 fully saturated rings. The van der Waals surface area contributed by atoms with E-state index < -0.39 is 0 Å². The van der Waals surface area contributed by atoms with Crippen LogP contribution in [0.25, 0.3) is 0 Å². The Morgan fingerprint density at radius 3 is 1.30 bits per heavy atom. The quantitative estimate of drug-likeness (QED) is 0.499. The molecule has 64 valence electrons. The Bertz CT molecular complexity index is 35.8. The summed E-state index contributed by atoms with van der Waals surface area (Å²) in [7, 11) is 0. The second-order valence-electron chi connectivity index (χ2n) is 1.82. The van der Waals surface area contributed by atoms with Crippen molar-refractivity contribution in [2.45, 2.75) is 26.2 Å². The van der Waals surface area contributed by atoms with Gasteiger partial charge in [-0.05, 0) is 26.2 Å². The summed E-state index contributed by atoms with van der Waals surface area (Å²) in [4.78, 5) is 0. The van der Waals surface area contributed by atoms with Gasteiger partial charge in [0.1, 0.15) is 0 Å². The van der Waals surface area contributed by atoms with Crippen LogP contribution in [0.2, 0.25) is 0 Å². The fraction of sp³-hybridized carbons (Fsp3) is 1.00. The van der Waals surface area contributed by atoms with Gasteiger partial charge >= 0.3 is 0 Å². The lowest BCUT2D eigenvalue weighted by Gasteiger charge is -1.90. The van der Waals surface area contributed by atoms with Gasteiger partial charge in [-0.1, -0.05) is 0 Å². The fourth-order valence-electron chi connectivity index (χ4n) is 0.400. The molecule has 3 heteroatoms. The van der Waals surface area contributed by atoms with E-state index in [-0.39, 0.29) is 19.8 Å². The molecule has 0 spiro atoms. The number of hydrogen-bond acceptors (Lipinski definition) is 3. The van der Waals surface area contributed by atoms with Crippen molar-refractivity contribution in [1.29, 1.82) is 0 Å². The second kappa shape index (κ2) is 15.9. The minimum Gasteiger partial charge on any atom is -0.397 e. The van der Waals surface area contributed by atoms with Gasteiger partial charge in [0.2, 0.25) is 0 Å². The molecule has 0 atom stereocenters. The van der Waals surface area contributed by atoms with Gasteiger partial charge < -0.3 is 15.3 Å². The number of hydrogen-bond donors (Lipinski definition) is 3. The molecule has 0 aromatic rings. The molecule has 0 aliphatic heterocycles. The van der Waals surface area contributed by atoms with E-state index in [4.69, 9.17) is 15.3 Å². The molecule has 0 aliphatic carbocycles. The third-order valence-electron chi connectivity index (χ3n) is 0.816. The molecule has 10 heavy (non-hydrogen) atoms. The Morgan fingerprint density at radius 1 is 0.800 bits per heavy atom. The van der Waals surface area contributed by atoms with Crippen molar-refractivity contribution in [3.63, 3.8) is 0 Å². The largest absolute Gasteiger partial charge is 0.397 e. The van der Waals surface area contributed by atoms with E-state index in [1.807, 2.05) is 0 Å². The molecule has 0 saturated carbocycles. The van der Waals surface area contributed by atoms with Crippen LogP contribution in [-0.2, 0) is 0 Å². The molecule has 0 aromatic carbocycles. The number of aliphatic hydroxyl groups is 3. The van der Waals surface area contributed by atoms with Crippen molar-refractivity contribution in [3.05, 3.63) is 0 Å². The molecule has 3 nitrogen and oxygen atoms in total. The maximum Gasteiger partial charge on any atom is 0.0431 e. The van der Waals surface area contributed by atoms with Crippen LogP contribution in [0.15, 0.2) is 0 Å². The Morgan fingerprint density at radius 2 is 1.10 bits per heavy atom. The first-order chi connectivity index (χ1) is 4.83. The van der Waals surface area contributed by atoms with E-state index in [0.717, 1.165) is 19.3 Å². The van der Waals surface area contributed by atoms with Gasteiger partial charge in [-0.3, -0.25) is 0 Å². The summed E-state index contributed by atoms with van der Waals surface area (Å²) in [5.74, 6) is 0. The normalized spacial score (nSPS) is 8.40. The first-order valence-electron chi connectivity index (χ1n) is 3.66. The van der Waals surface area contributed by atoms with Gasteiger partial charge in [0.25, 0.3) is 0 Å². The highest BCUT2D eigenvalue weighted by Gasteiger charge is 1.81. The van der Waals surface area contributed by atoms with Crippen LogP contribution in [0.3, 0.4) is 0 Å². The van der Waals surface area contributed by atoms with Crippen LogP contribution in [-0.4, -0.2) is 35.1 Å². The zero-order chi connectivity index (χ0) is 8.24. The molecule has 3 N–H and O–H groups in total. The highest BCUT2D eigenvalue weighted by molar-refractivity contribution is 4.35. The van der Waals surface area contributed by atoms with Crippen LogP contribution < -0.4 is 0 Å². The van der Waals surface area contributed by atoms with Crippen LogP contribution in [0.4, 0.5) is 0 Å². The summed E-state index contributed by atoms with van der Waals surface area (Å²) in [6.07, 6.45) is 2.58. The minimum absolute atomic E-state index is 0.250. The van der Waals surface area contributed by atoms with Gasteiger partial charge in [0.05, 0.1) is 0 Å². The molecular formula is C7H18O3. The molecule has 0 rings (SSSR count). The molecule has 0 radical (unpaired) electrons. The van der Waals surface area contributed by atoms with Gasteiger partial charge in [-0.2, -0.15) is 0 Å². The predicted octanol–water partition coefficient (Wildman–Crippen LogP) is 0.140. The lowest BCUT2D eigenvalue weighted by atomic mass is 10.2. The van der Waals surface area contributed by atoms with Crippen molar-refractivity contribution in [1.82, 2.24) is 0 Å². The van der Waals surface area contributed by atoms with Gasteiger partial charge in [-0.25, -0.2) is 0 Å². The first-order valence-corrected chi connectivity index (χ1v) is 3.66. The highest BCUT2D eigenvalue weighted by atomic mass is 16.3. The van der Waals surface area contributed by atoms with Crippen molar-refractivity contribution >= 4 is 0 Å². The molecule has 0 aromatic heterocycles. The van der Waals surface area contributed by atoms with Crippen molar-refractivity contribution < 1.29 is 15.3 Å².